The maximum Gasteiger partial charge on any atom is 0.317 e. The van der Waals surface area contributed by atoms with E-state index in [4.69, 9.17) is 0 Å². The molecule has 3 heteroatoms. The summed E-state index contributed by atoms with van der Waals surface area (Å²) in [6.07, 6.45) is 2.25. The van der Waals surface area contributed by atoms with E-state index in [9.17, 15) is 4.79 Å². The van der Waals surface area contributed by atoms with E-state index in [1.54, 1.807) is 0 Å². The largest absolute Gasteiger partial charge is 0.334 e. The molecule has 0 spiro atoms. The number of nitrogens with one attached hydrogen (secondary N) is 1. The maximum absolute atomic E-state index is 11.8. The third-order valence-electron chi connectivity index (χ3n) is 3.10. The van der Waals surface area contributed by atoms with E-state index in [1.165, 1.54) is 0 Å². The van der Waals surface area contributed by atoms with Crippen LogP contribution in [0.2, 0.25) is 0 Å². The van der Waals surface area contributed by atoms with Gasteiger partial charge >= 0.3 is 6.03 Å². The Hall–Kier alpha value is -1.51. The van der Waals surface area contributed by atoms with Gasteiger partial charge in [-0.25, -0.2) is 4.79 Å². The van der Waals surface area contributed by atoms with E-state index in [2.05, 4.69) is 12.2 Å². The van der Waals surface area contributed by atoms with Crippen LogP contribution in [-0.2, 0) is 6.54 Å². The van der Waals surface area contributed by atoms with Gasteiger partial charge in [-0.2, -0.15) is 0 Å². The molecular formula is C13H18N2O. The number of hydrogen-bond donors (Lipinski definition) is 1. The molecule has 1 aromatic carbocycles. The molecule has 1 aromatic rings. The van der Waals surface area contributed by atoms with Crippen LogP contribution in [0.4, 0.5) is 4.79 Å². The number of urea groups is 1. The zero-order chi connectivity index (χ0) is 11.4. The highest BCUT2D eigenvalue weighted by atomic mass is 16.2. The average molecular weight is 218 g/mol. The van der Waals surface area contributed by atoms with Crippen molar-refractivity contribution in [3.63, 3.8) is 0 Å². The molecule has 0 bridgehead atoms. The number of likely N-dealkylation sites (tertiary alicyclic amines) is 1. The van der Waals surface area contributed by atoms with Crippen LogP contribution in [0.1, 0.15) is 25.3 Å². The molecule has 1 atom stereocenters. The van der Waals surface area contributed by atoms with Crippen LogP contribution in [0.5, 0.6) is 0 Å². The number of carbonyl (C=O) groups excluding carboxylic acids is 1. The summed E-state index contributed by atoms with van der Waals surface area (Å²) in [5, 5.41) is 2.96. The van der Waals surface area contributed by atoms with E-state index in [1.807, 2.05) is 35.2 Å². The summed E-state index contributed by atoms with van der Waals surface area (Å²) in [5.74, 6) is 0. The van der Waals surface area contributed by atoms with Gasteiger partial charge in [0.25, 0.3) is 0 Å². The Morgan fingerprint density at radius 3 is 2.81 bits per heavy atom. The maximum atomic E-state index is 11.8. The number of carbonyl (C=O) groups is 1. The molecule has 86 valence electrons. The van der Waals surface area contributed by atoms with Crippen LogP contribution in [-0.4, -0.2) is 23.5 Å². The fourth-order valence-electron chi connectivity index (χ4n) is 2.11. The van der Waals surface area contributed by atoms with Crippen molar-refractivity contribution in [1.82, 2.24) is 10.2 Å². The van der Waals surface area contributed by atoms with Crippen LogP contribution >= 0.6 is 0 Å². The molecular weight excluding hydrogens is 200 g/mol. The van der Waals surface area contributed by atoms with Gasteiger partial charge in [0.15, 0.2) is 0 Å². The first-order valence-corrected chi connectivity index (χ1v) is 5.86. The van der Waals surface area contributed by atoms with Gasteiger partial charge < -0.3 is 10.2 Å². The normalized spacial score (nSPS) is 19.8. The monoisotopic (exact) mass is 218 g/mol. The lowest BCUT2D eigenvalue weighted by Crippen LogP contribution is -2.41. The predicted molar refractivity (Wildman–Crippen MR) is 64.1 cm³/mol. The smallest absolute Gasteiger partial charge is 0.317 e. The molecule has 1 saturated heterocycles. The molecule has 1 fully saturated rings. The summed E-state index contributed by atoms with van der Waals surface area (Å²) < 4.78 is 0. The molecule has 1 heterocycles. The SMILES string of the molecule is CC1CCCN1C(=O)NCc1ccccc1. The lowest BCUT2D eigenvalue weighted by molar-refractivity contribution is 0.195. The van der Waals surface area contributed by atoms with E-state index in [-0.39, 0.29) is 6.03 Å². The Bertz CT molecular complexity index is 350. The minimum absolute atomic E-state index is 0.0638. The zero-order valence-electron chi connectivity index (χ0n) is 9.65. The van der Waals surface area contributed by atoms with Gasteiger partial charge in [0.1, 0.15) is 0 Å². The first kappa shape index (κ1) is 11.0. The van der Waals surface area contributed by atoms with Gasteiger partial charge in [0, 0.05) is 19.1 Å². The fraction of sp³-hybridized carbons (Fsp3) is 0.462. The van der Waals surface area contributed by atoms with Gasteiger partial charge in [-0.3, -0.25) is 0 Å². The van der Waals surface area contributed by atoms with Gasteiger partial charge in [-0.1, -0.05) is 30.3 Å². The Kier molecular flexibility index (Phi) is 3.44. The van der Waals surface area contributed by atoms with Crippen LogP contribution in [0.3, 0.4) is 0 Å². The molecule has 3 nitrogen and oxygen atoms in total. The van der Waals surface area contributed by atoms with Crippen LogP contribution in [0.25, 0.3) is 0 Å². The molecule has 1 N–H and O–H groups in total. The summed E-state index contributed by atoms with van der Waals surface area (Å²) in [4.78, 5) is 13.8. The molecule has 0 aliphatic carbocycles. The Balaban J connectivity index is 1.84. The molecule has 0 saturated carbocycles. The third kappa shape index (κ3) is 2.54. The summed E-state index contributed by atoms with van der Waals surface area (Å²) in [6, 6.07) is 10.4. The lowest BCUT2D eigenvalue weighted by atomic mass is 10.2. The summed E-state index contributed by atoms with van der Waals surface area (Å²) in [7, 11) is 0. The number of hydrogen-bond acceptors (Lipinski definition) is 1. The van der Waals surface area contributed by atoms with Crippen molar-refractivity contribution >= 4 is 6.03 Å². The van der Waals surface area contributed by atoms with Crippen molar-refractivity contribution in [2.45, 2.75) is 32.4 Å². The Labute approximate surface area is 96.5 Å². The first-order valence-electron chi connectivity index (χ1n) is 5.86. The van der Waals surface area contributed by atoms with Gasteiger partial charge in [0.2, 0.25) is 0 Å². The summed E-state index contributed by atoms with van der Waals surface area (Å²) in [6.45, 7) is 3.61. The van der Waals surface area contributed by atoms with Crippen molar-refractivity contribution in [2.75, 3.05) is 6.54 Å². The average Bonchev–Trinajstić information content (AvgIpc) is 2.74. The number of nitrogens with zero attached hydrogens (tertiary/aromatic N) is 1. The van der Waals surface area contributed by atoms with Crippen molar-refractivity contribution in [3.05, 3.63) is 35.9 Å². The molecule has 16 heavy (non-hydrogen) atoms. The minimum Gasteiger partial charge on any atom is -0.334 e. The van der Waals surface area contributed by atoms with Crippen molar-refractivity contribution in [1.29, 1.82) is 0 Å². The standard InChI is InChI=1S/C13H18N2O/c1-11-6-5-9-15(11)13(16)14-10-12-7-3-2-4-8-12/h2-4,7-8,11H,5-6,9-10H2,1H3,(H,14,16). The van der Waals surface area contributed by atoms with Crippen molar-refractivity contribution in [3.8, 4) is 0 Å². The van der Waals surface area contributed by atoms with Crippen LogP contribution < -0.4 is 5.32 Å². The quantitative estimate of drug-likeness (QED) is 0.812. The highest BCUT2D eigenvalue weighted by Crippen LogP contribution is 2.16. The topological polar surface area (TPSA) is 32.3 Å². The molecule has 0 radical (unpaired) electrons. The zero-order valence-corrected chi connectivity index (χ0v) is 9.65. The van der Waals surface area contributed by atoms with Crippen LogP contribution in [0.15, 0.2) is 30.3 Å². The van der Waals surface area contributed by atoms with Crippen molar-refractivity contribution < 1.29 is 4.79 Å². The lowest BCUT2D eigenvalue weighted by Gasteiger charge is -2.21. The van der Waals surface area contributed by atoms with Gasteiger partial charge in [-0.05, 0) is 25.3 Å². The molecule has 2 amide bonds. The summed E-state index contributed by atoms with van der Waals surface area (Å²) >= 11 is 0. The second kappa shape index (κ2) is 5.01. The number of amides is 2. The highest BCUT2D eigenvalue weighted by molar-refractivity contribution is 5.74. The second-order valence-corrected chi connectivity index (χ2v) is 4.33. The Morgan fingerprint density at radius 2 is 2.19 bits per heavy atom. The second-order valence-electron chi connectivity index (χ2n) is 4.33. The van der Waals surface area contributed by atoms with Crippen LogP contribution in [0, 0.1) is 0 Å². The molecule has 1 unspecified atom stereocenters. The minimum atomic E-state index is 0.0638. The Morgan fingerprint density at radius 1 is 1.44 bits per heavy atom. The highest BCUT2D eigenvalue weighted by Gasteiger charge is 2.24. The predicted octanol–water partition coefficient (Wildman–Crippen LogP) is 2.38. The molecule has 0 aromatic heterocycles. The third-order valence-corrected chi connectivity index (χ3v) is 3.10. The number of rotatable bonds is 2. The molecule has 1 aliphatic heterocycles. The first-order chi connectivity index (χ1) is 7.77. The molecule has 1 aliphatic rings. The van der Waals surface area contributed by atoms with E-state index < -0.39 is 0 Å². The summed E-state index contributed by atoms with van der Waals surface area (Å²) in [5.41, 5.74) is 1.14. The van der Waals surface area contributed by atoms with E-state index in [0.717, 1.165) is 24.9 Å². The van der Waals surface area contributed by atoms with Gasteiger partial charge in [-0.15, -0.1) is 0 Å². The van der Waals surface area contributed by atoms with Crippen molar-refractivity contribution in [2.24, 2.45) is 0 Å². The van der Waals surface area contributed by atoms with Gasteiger partial charge in [0.05, 0.1) is 0 Å². The van der Waals surface area contributed by atoms with E-state index in [0.29, 0.717) is 12.6 Å². The molecule has 2 rings (SSSR count). The van der Waals surface area contributed by atoms with E-state index >= 15 is 0 Å². The number of benzene rings is 1. The fourth-order valence-corrected chi connectivity index (χ4v) is 2.11.